The molecule has 0 aliphatic heterocycles. The maximum atomic E-state index is 11.4. The minimum atomic E-state index is -4.79. The predicted octanol–water partition coefficient (Wildman–Crippen LogP) is 1.09. The van der Waals surface area contributed by atoms with Crippen LogP contribution in [0, 0.1) is 0 Å². The zero-order chi connectivity index (χ0) is 12.9. The summed E-state index contributed by atoms with van der Waals surface area (Å²) >= 11 is 0. The van der Waals surface area contributed by atoms with Crippen LogP contribution in [0.5, 0.6) is 5.75 Å². The molecule has 0 aliphatic rings. The Balaban J connectivity index is 2.71. The van der Waals surface area contributed by atoms with E-state index in [-0.39, 0.29) is 11.3 Å². The molecule has 0 aliphatic carbocycles. The van der Waals surface area contributed by atoms with Crippen molar-refractivity contribution in [3.05, 3.63) is 29.8 Å². The van der Waals surface area contributed by atoms with Crippen LogP contribution >= 0.6 is 0 Å². The molecule has 0 unspecified atom stereocenters. The van der Waals surface area contributed by atoms with Gasteiger partial charge in [-0.2, -0.15) is 0 Å². The minimum absolute atomic E-state index is 0.146. The molecule has 0 radical (unpaired) electrons. The molecule has 0 bridgehead atoms. The van der Waals surface area contributed by atoms with Crippen molar-refractivity contribution in [1.82, 2.24) is 0 Å². The lowest BCUT2D eigenvalue weighted by atomic mass is 10.2. The molecule has 0 atom stereocenters. The van der Waals surface area contributed by atoms with Gasteiger partial charge >= 0.3 is 5.97 Å². The molecule has 0 aromatic heterocycles. The fraction of sp³-hybridized carbons (Fsp3) is 0.300. The lowest BCUT2D eigenvalue weighted by Gasteiger charge is -2.09. The van der Waals surface area contributed by atoms with Gasteiger partial charge in [0.2, 0.25) is 0 Å². The van der Waals surface area contributed by atoms with Crippen LogP contribution in [0.1, 0.15) is 23.7 Å². The number of esters is 1. The van der Waals surface area contributed by atoms with E-state index in [2.05, 4.69) is 4.18 Å². The van der Waals surface area contributed by atoms with Crippen molar-refractivity contribution in [2.75, 3.05) is 6.61 Å². The standard InChI is InChI=1S/C10H12O6S/c1-2-7-15-10(11)8-3-5-9(6-4-8)16-17(12,13)14/h3-6H,2,7H2,1H3,(H,12,13,14)/p-1. The zero-order valence-corrected chi connectivity index (χ0v) is 9.90. The highest BCUT2D eigenvalue weighted by Crippen LogP contribution is 2.14. The molecule has 0 fully saturated rings. The van der Waals surface area contributed by atoms with E-state index in [4.69, 9.17) is 4.74 Å². The summed E-state index contributed by atoms with van der Waals surface area (Å²) in [5, 5.41) is 0. The molecule has 1 rings (SSSR count). The number of hydrogen-bond donors (Lipinski definition) is 0. The van der Waals surface area contributed by atoms with Gasteiger partial charge in [-0.1, -0.05) is 6.92 Å². The molecular formula is C10H11O6S-. The first-order chi connectivity index (χ1) is 7.92. The van der Waals surface area contributed by atoms with E-state index in [1.54, 1.807) is 0 Å². The van der Waals surface area contributed by atoms with Crippen LogP contribution in [-0.4, -0.2) is 25.5 Å². The molecule has 0 amide bonds. The third-order valence-electron chi connectivity index (χ3n) is 1.73. The second-order valence-corrected chi connectivity index (χ2v) is 4.14. The lowest BCUT2D eigenvalue weighted by Crippen LogP contribution is -2.08. The average molecular weight is 259 g/mol. The molecule has 17 heavy (non-hydrogen) atoms. The van der Waals surface area contributed by atoms with Gasteiger partial charge in [-0.25, -0.2) is 13.2 Å². The van der Waals surface area contributed by atoms with Crippen LogP contribution < -0.4 is 4.18 Å². The van der Waals surface area contributed by atoms with Gasteiger partial charge in [-0.15, -0.1) is 0 Å². The third-order valence-corrected chi connectivity index (χ3v) is 2.12. The maximum Gasteiger partial charge on any atom is 0.338 e. The monoisotopic (exact) mass is 259 g/mol. The lowest BCUT2D eigenvalue weighted by molar-refractivity contribution is 0.0505. The Morgan fingerprint density at radius 2 is 1.88 bits per heavy atom. The summed E-state index contributed by atoms with van der Waals surface area (Å²) in [6, 6.07) is 5.05. The van der Waals surface area contributed by atoms with E-state index in [9.17, 15) is 17.8 Å². The van der Waals surface area contributed by atoms with Gasteiger partial charge in [-0.3, -0.25) is 0 Å². The molecule has 0 N–H and O–H groups in total. The summed E-state index contributed by atoms with van der Waals surface area (Å²) in [5.74, 6) is -0.657. The molecule has 7 heteroatoms. The van der Waals surface area contributed by atoms with Crippen molar-refractivity contribution in [3.8, 4) is 5.75 Å². The summed E-state index contributed by atoms with van der Waals surface area (Å²) in [6.45, 7) is 2.18. The first-order valence-electron chi connectivity index (χ1n) is 4.85. The third kappa shape index (κ3) is 4.83. The maximum absolute atomic E-state index is 11.4. The second-order valence-electron chi connectivity index (χ2n) is 3.15. The van der Waals surface area contributed by atoms with Crippen molar-refractivity contribution in [1.29, 1.82) is 0 Å². The Morgan fingerprint density at radius 3 is 2.35 bits per heavy atom. The van der Waals surface area contributed by atoms with E-state index >= 15 is 0 Å². The highest BCUT2D eigenvalue weighted by Gasteiger charge is 2.07. The summed E-state index contributed by atoms with van der Waals surface area (Å²) < 4.78 is 39.8. The van der Waals surface area contributed by atoms with Gasteiger partial charge in [-0.05, 0) is 30.7 Å². The summed E-state index contributed by atoms with van der Waals surface area (Å²) in [5.41, 5.74) is 0.258. The average Bonchev–Trinajstić information content (AvgIpc) is 2.24. The fourth-order valence-corrected chi connectivity index (χ4v) is 1.39. The fourth-order valence-electron chi connectivity index (χ4n) is 1.04. The highest BCUT2D eigenvalue weighted by molar-refractivity contribution is 7.81. The van der Waals surface area contributed by atoms with Gasteiger partial charge in [0.25, 0.3) is 10.4 Å². The Kier molecular flexibility index (Phi) is 4.47. The summed E-state index contributed by atoms with van der Waals surface area (Å²) in [6.07, 6.45) is 0.710. The normalized spacial score (nSPS) is 10.9. The Hall–Kier alpha value is -1.60. The number of hydrogen-bond acceptors (Lipinski definition) is 6. The number of ether oxygens (including phenoxy) is 1. The Bertz CT molecular complexity index is 476. The molecule has 94 valence electrons. The molecule has 1 aromatic carbocycles. The van der Waals surface area contributed by atoms with Gasteiger partial charge in [0.1, 0.15) is 5.75 Å². The smallest absolute Gasteiger partial charge is 0.338 e. The van der Waals surface area contributed by atoms with E-state index in [0.717, 1.165) is 0 Å². The van der Waals surface area contributed by atoms with Crippen LogP contribution in [0.3, 0.4) is 0 Å². The molecule has 0 heterocycles. The van der Waals surface area contributed by atoms with Crippen LogP contribution in [0.25, 0.3) is 0 Å². The predicted molar refractivity (Wildman–Crippen MR) is 57.3 cm³/mol. The van der Waals surface area contributed by atoms with Crippen molar-refractivity contribution in [2.45, 2.75) is 13.3 Å². The summed E-state index contributed by atoms with van der Waals surface area (Å²) in [7, 11) is -4.79. The van der Waals surface area contributed by atoms with Crippen molar-refractivity contribution >= 4 is 16.4 Å². The van der Waals surface area contributed by atoms with Crippen molar-refractivity contribution in [3.63, 3.8) is 0 Å². The largest absolute Gasteiger partial charge is 0.716 e. The number of benzene rings is 1. The topological polar surface area (TPSA) is 92.7 Å². The van der Waals surface area contributed by atoms with Gasteiger partial charge in [0.05, 0.1) is 12.2 Å². The van der Waals surface area contributed by atoms with Crippen LogP contribution in [0.2, 0.25) is 0 Å². The molecule has 0 spiro atoms. The first-order valence-corrected chi connectivity index (χ1v) is 6.18. The van der Waals surface area contributed by atoms with Gasteiger partial charge in [0.15, 0.2) is 0 Å². The van der Waals surface area contributed by atoms with Gasteiger partial charge in [0, 0.05) is 0 Å². The number of rotatable bonds is 5. The molecule has 0 saturated heterocycles. The second kappa shape index (κ2) is 5.65. The number of carbonyl (C=O) groups excluding carboxylic acids is 1. The van der Waals surface area contributed by atoms with E-state index in [1.165, 1.54) is 24.3 Å². The van der Waals surface area contributed by atoms with Crippen molar-refractivity contribution < 1.29 is 26.7 Å². The number of carbonyl (C=O) groups is 1. The van der Waals surface area contributed by atoms with E-state index in [1.807, 2.05) is 6.92 Å². The minimum Gasteiger partial charge on any atom is -0.716 e. The quantitative estimate of drug-likeness (QED) is 0.446. The molecule has 0 saturated carbocycles. The molecule has 1 aromatic rings. The van der Waals surface area contributed by atoms with Crippen LogP contribution in [0.4, 0.5) is 0 Å². The first kappa shape index (κ1) is 13.5. The highest BCUT2D eigenvalue weighted by atomic mass is 32.3. The summed E-state index contributed by atoms with van der Waals surface area (Å²) in [4.78, 5) is 11.4. The SMILES string of the molecule is CCCOC(=O)c1ccc(OS(=O)(=O)[O-])cc1. The van der Waals surface area contributed by atoms with Crippen LogP contribution in [0.15, 0.2) is 24.3 Å². The zero-order valence-electron chi connectivity index (χ0n) is 9.08. The van der Waals surface area contributed by atoms with Crippen LogP contribution in [-0.2, 0) is 15.1 Å². The Morgan fingerprint density at radius 1 is 1.29 bits per heavy atom. The molecular weight excluding hydrogens is 248 g/mol. The van der Waals surface area contributed by atoms with Gasteiger partial charge < -0.3 is 13.5 Å². The Labute approximate surface area is 99.1 Å². The molecule has 6 nitrogen and oxygen atoms in total. The van der Waals surface area contributed by atoms with E-state index < -0.39 is 16.4 Å². The van der Waals surface area contributed by atoms with E-state index in [0.29, 0.717) is 13.0 Å². The van der Waals surface area contributed by atoms with Crippen molar-refractivity contribution in [2.24, 2.45) is 0 Å².